The van der Waals surface area contributed by atoms with Crippen molar-refractivity contribution >= 4 is 10.0 Å². The molecule has 0 saturated heterocycles. The first kappa shape index (κ1) is 15.5. The highest BCUT2D eigenvalue weighted by molar-refractivity contribution is 7.88. The zero-order valence-electron chi connectivity index (χ0n) is 12.0. The normalized spacial score (nSPS) is 11.3. The molecular formula is C16H19NO3S. The molecule has 2 aromatic rings. The van der Waals surface area contributed by atoms with Crippen LogP contribution in [0.15, 0.2) is 54.6 Å². The Bertz CT molecular complexity index is 669. The molecule has 0 radical (unpaired) electrons. The van der Waals surface area contributed by atoms with Gasteiger partial charge in [0.05, 0.1) is 5.75 Å². The van der Waals surface area contributed by atoms with Gasteiger partial charge in [-0.2, -0.15) is 0 Å². The molecule has 1 N–H and O–H groups in total. The second-order valence-corrected chi connectivity index (χ2v) is 6.61. The van der Waals surface area contributed by atoms with Gasteiger partial charge in [0.15, 0.2) is 0 Å². The second-order valence-electron chi connectivity index (χ2n) is 4.80. The fourth-order valence-electron chi connectivity index (χ4n) is 1.92. The highest BCUT2D eigenvalue weighted by atomic mass is 32.2. The van der Waals surface area contributed by atoms with E-state index < -0.39 is 10.0 Å². The maximum Gasteiger partial charge on any atom is 0.215 e. The molecule has 0 aromatic heterocycles. The minimum Gasteiger partial charge on any atom is -0.492 e. The van der Waals surface area contributed by atoms with E-state index in [2.05, 4.69) is 4.72 Å². The summed E-state index contributed by atoms with van der Waals surface area (Å²) in [5.74, 6) is 0.732. The van der Waals surface area contributed by atoms with Crippen LogP contribution in [0.5, 0.6) is 5.75 Å². The first-order chi connectivity index (χ1) is 10.1. The molecule has 0 bridgehead atoms. The molecule has 5 heteroatoms. The summed E-state index contributed by atoms with van der Waals surface area (Å²) in [6, 6.07) is 16.8. The average molecular weight is 305 g/mol. The molecule has 0 aliphatic heterocycles. The lowest BCUT2D eigenvalue weighted by Gasteiger charge is -2.09. The van der Waals surface area contributed by atoms with E-state index in [4.69, 9.17) is 4.74 Å². The fraction of sp³-hybridized carbons (Fsp3) is 0.250. The van der Waals surface area contributed by atoms with Crippen molar-refractivity contribution in [2.45, 2.75) is 12.7 Å². The smallest absolute Gasteiger partial charge is 0.215 e. The molecule has 0 spiro atoms. The van der Waals surface area contributed by atoms with Gasteiger partial charge in [-0.15, -0.1) is 0 Å². The molecular weight excluding hydrogens is 286 g/mol. The minimum atomic E-state index is -3.33. The highest BCUT2D eigenvalue weighted by Crippen LogP contribution is 2.11. The maximum atomic E-state index is 11.9. The number of benzene rings is 2. The summed E-state index contributed by atoms with van der Waals surface area (Å²) in [5.41, 5.74) is 1.88. The highest BCUT2D eigenvalue weighted by Gasteiger charge is 2.10. The molecule has 0 aliphatic carbocycles. The molecule has 0 saturated carbocycles. The van der Waals surface area contributed by atoms with E-state index in [0.29, 0.717) is 6.61 Å². The van der Waals surface area contributed by atoms with Crippen molar-refractivity contribution in [1.82, 2.24) is 4.72 Å². The van der Waals surface area contributed by atoms with Crippen LogP contribution in [0.1, 0.15) is 11.1 Å². The van der Waals surface area contributed by atoms with Crippen molar-refractivity contribution in [2.75, 3.05) is 13.2 Å². The summed E-state index contributed by atoms with van der Waals surface area (Å²) in [5, 5.41) is 0. The summed E-state index contributed by atoms with van der Waals surface area (Å²) in [7, 11) is -3.33. The second kappa shape index (κ2) is 7.24. The predicted octanol–water partition coefficient (Wildman–Crippen LogP) is 2.49. The standard InChI is InChI=1S/C16H19NO3S/c1-14-6-5-9-16(12-14)20-11-10-17-21(18,19)13-15-7-3-2-4-8-15/h2-9,12,17H,10-11,13H2,1H3. The number of hydrogen-bond acceptors (Lipinski definition) is 3. The zero-order chi connectivity index (χ0) is 15.1. The molecule has 0 amide bonds. The monoisotopic (exact) mass is 305 g/mol. The van der Waals surface area contributed by atoms with Crippen LogP contribution in [-0.2, 0) is 15.8 Å². The Morgan fingerprint density at radius 3 is 2.52 bits per heavy atom. The molecule has 4 nitrogen and oxygen atoms in total. The van der Waals surface area contributed by atoms with Crippen LogP contribution in [0.3, 0.4) is 0 Å². The van der Waals surface area contributed by atoms with Crippen LogP contribution in [0.4, 0.5) is 0 Å². The van der Waals surface area contributed by atoms with E-state index in [-0.39, 0.29) is 12.3 Å². The first-order valence-electron chi connectivity index (χ1n) is 6.76. The van der Waals surface area contributed by atoms with Gasteiger partial charge in [0, 0.05) is 6.54 Å². The van der Waals surface area contributed by atoms with Gasteiger partial charge in [0.1, 0.15) is 12.4 Å². The molecule has 0 aliphatic rings. The van der Waals surface area contributed by atoms with E-state index in [1.807, 2.05) is 49.4 Å². The van der Waals surface area contributed by atoms with Crippen molar-refractivity contribution < 1.29 is 13.2 Å². The van der Waals surface area contributed by atoms with E-state index in [1.54, 1.807) is 12.1 Å². The van der Waals surface area contributed by atoms with Crippen LogP contribution >= 0.6 is 0 Å². The number of sulfonamides is 1. The van der Waals surface area contributed by atoms with Crippen molar-refractivity contribution in [3.05, 3.63) is 65.7 Å². The van der Waals surface area contributed by atoms with Gasteiger partial charge in [-0.25, -0.2) is 13.1 Å². The summed E-state index contributed by atoms with van der Waals surface area (Å²) in [4.78, 5) is 0. The maximum absolute atomic E-state index is 11.9. The van der Waals surface area contributed by atoms with E-state index in [0.717, 1.165) is 16.9 Å². The van der Waals surface area contributed by atoms with Gasteiger partial charge in [0.2, 0.25) is 10.0 Å². The number of nitrogens with one attached hydrogen (secondary N) is 1. The number of ether oxygens (including phenoxy) is 1. The van der Waals surface area contributed by atoms with Crippen molar-refractivity contribution in [1.29, 1.82) is 0 Å². The van der Waals surface area contributed by atoms with Crippen molar-refractivity contribution in [3.63, 3.8) is 0 Å². The van der Waals surface area contributed by atoms with Crippen LogP contribution in [0.2, 0.25) is 0 Å². The van der Waals surface area contributed by atoms with Gasteiger partial charge in [-0.1, -0.05) is 42.5 Å². The van der Waals surface area contributed by atoms with E-state index in [1.165, 1.54) is 0 Å². The summed E-state index contributed by atoms with van der Waals surface area (Å²) >= 11 is 0. The third kappa shape index (κ3) is 5.57. The van der Waals surface area contributed by atoms with Crippen LogP contribution < -0.4 is 9.46 Å². The van der Waals surface area contributed by atoms with Crippen LogP contribution in [-0.4, -0.2) is 21.6 Å². The molecule has 0 fully saturated rings. The number of rotatable bonds is 7. The Kier molecular flexibility index (Phi) is 5.36. The molecule has 2 rings (SSSR count). The van der Waals surface area contributed by atoms with Crippen LogP contribution in [0, 0.1) is 6.92 Å². The quantitative estimate of drug-likeness (QED) is 0.800. The predicted molar refractivity (Wildman–Crippen MR) is 83.7 cm³/mol. The zero-order valence-corrected chi connectivity index (χ0v) is 12.8. The molecule has 2 aromatic carbocycles. The first-order valence-corrected chi connectivity index (χ1v) is 8.41. The Labute approximate surface area is 125 Å². The molecule has 112 valence electrons. The molecule has 0 atom stereocenters. The van der Waals surface area contributed by atoms with Gasteiger partial charge in [-0.05, 0) is 30.2 Å². The SMILES string of the molecule is Cc1cccc(OCCNS(=O)(=O)Cc2ccccc2)c1. The van der Waals surface area contributed by atoms with E-state index in [9.17, 15) is 8.42 Å². The Hall–Kier alpha value is -1.85. The topological polar surface area (TPSA) is 55.4 Å². The minimum absolute atomic E-state index is 0.0156. The molecule has 21 heavy (non-hydrogen) atoms. The summed E-state index contributed by atoms with van der Waals surface area (Å²) < 4.78 is 31.8. The van der Waals surface area contributed by atoms with Crippen LogP contribution in [0.25, 0.3) is 0 Å². The van der Waals surface area contributed by atoms with Gasteiger partial charge in [-0.3, -0.25) is 0 Å². The number of aryl methyl sites for hydroxylation is 1. The Morgan fingerprint density at radius 1 is 1.05 bits per heavy atom. The lowest BCUT2D eigenvalue weighted by Crippen LogP contribution is -2.29. The summed E-state index contributed by atoms with van der Waals surface area (Å²) in [6.07, 6.45) is 0. The molecule has 0 unspecified atom stereocenters. The third-order valence-electron chi connectivity index (χ3n) is 2.88. The summed E-state index contributed by atoms with van der Waals surface area (Å²) in [6.45, 7) is 2.54. The van der Waals surface area contributed by atoms with E-state index >= 15 is 0 Å². The third-order valence-corrected chi connectivity index (χ3v) is 4.24. The lowest BCUT2D eigenvalue weighted by atomic mass is 10.2. The largest absolute Gasteiger partial charge is 0.492 e. The van der Waals surface area contributed by atoms with Gasteiger partial charge >= 0.3 is 0 Å². The van der Waals surface area contributed by atoms with Gasteiger partial charge < -0.3 is 4.74 Å². The molecule has 0 heterocycles. The van der Waals surface area contributed by atoms with Crippen molar-refractivity contribution in [3.8, 4) is 5.75 Å². The van der Waals surface area contributed by atoms with Gasteiger partial charge in [0.25, 0.3) is 0 Å². The van der Waals surface area contributed by atoms with Crippen molar-refractivity contribution in [2.24, 2.45) is 0 Å². The average Bonchev–Trinajstić information content (AvgIpc) is 2.44. The number of hydrogen-bond donors (Lipinski definition) is 1. The Balaban J connectivity index is 1.77. The fourth-order valence-corrected chi connectivity index (χ4v) is 3.04. The lowest BCUT2D eigenvalue weighted by molar-refractivity contribution is 0.322. The Morgan fingerprint density at radius 2 is 1.81 bits per heavy atom.